The lowest BCUT2D eigenvalue weighted by Gasteiger charge is -2.19. The van der Waals surface area contributed by atoms with Crippen molar-refractivity contribution < 1.29 is 14.3 Å². The minimum absolute atomic E-state index is 0.147. The number of nitrogens with one attached hydrogen (secondary N) is 2. The van der Waals surface area contributed by atoms with Gasteiger partial charge in [-0.2, -0.15) is 0 Å². The van der Waals surface area contributed by atoms with Crippen molar-refractivity contribution in [3.63, 3.8) is 0 Å². The number of likely N-dealkylation sites (N-methyl/N-ethyl adjacent to an activating group) is 1. The molecule has 128 valence electrons. The highest BCUT2D eigenvalue weighted by atomic mass is 16.5. The number of hydrogen-bond acceptors (Lipinski definition) is 4. The molecule has 1 aromatic rings. The van der Waals surface area contributed by atoms with Crippen molar-refractivity contribution in [1.82, 2.24) is 15.5 Å². The van der Waals surface area contributed by atoms with E-state index in [2.05, 4.69) is 22.5 Å². The van der Waals surface area contributed by atoms with Crippen LogP contribution in [0.15, 0.2) is 18.2 Å². The molecule has 6 nitrogen and oxygen atoms in total. The Balaban J connectivity index is 1.71. The zero-order valence-corrected chi connectivity index (χ0v) is 14.2. The van der Waals surface area contributed by atoms with Gasteiger partial charge in [0.25, 0.3) is 0 Å². The number of urea groups is 1. The zero-order chi connectivity index (χ0) is 16.7. The van der Waals surface area contributed by atoms with Gasteiger partial charge in [-0.3, -0.25) is 4.90 Å². The van der Waals surface area contributed by atoms with E-state index in [0.717, 1.165) is 24.7 Å². The Morgan fingerprint density at radius 2 is 1.96 bits per heavy atom. The first-order valence-corrected chi connectivity index (χ1v) is 8.14. The summed E-state index contributed by atoms with van der Waals surface area (Å²) < 4.78 is 10.5. The maximum absolute atomic E-state index is 11.9. The van der Waals surface area contributed by atoms with Crippen molar-refractivity contribution in [3.8, 4) is 11.5 Å². The molecule has 0 unspecified atom stereocenters. The molecule has 1 aromatic carbocycles. The lowest BCUT2D eigenvalue weighted by atomic mass is 10.2. The van der Waals surface area contributed by atoms with E-state index in [0.29, 0.717) is 24.6 Å². The maximum atomic E-state index is 11.9. The molecular weight excluding hydrogens is 294 g/mol. The molecule has 0 heterocycles. The number of hydrogen-bond donors (Lipinski definition) is 2. The zero-order valence-electron chi connectivity index (χ0n) is 14.2. The molecule has 0 spiro atoms. The van der Waals surface area contributed by atoms with Gasteiger partial charge in [0.15, 0.2) is 11.5 Å². The number of carbonyl (C=O) groups excluding carboxylic acids is 1. The molecule has 23 heavy (non-hydrogen) atoms. The quantitative estimate of drug-likeness (QED) is 0.730. The van der Waals surface area contributed by atoms with Crippen LogP contribution in [0.1, 0.15) is 25.3 Å². The Morgan fingerprint density at radius 3 is 2.57 bits per heavy atom. The summed E-state index contributed by atoms with van der Waals surface area (Å²) in [4.78, 5) is 14.3. The van der Waals surface area contributed by atoms with Crippen LogP contribution in [0.3, 0.4) is 0 Å². The Labute approximate surface area is 138 Å². The first-order chi connectivity index (χ1) is 11.2. The highest BCUT2D eigenvalue weighted by molar-refractivity contribution is 5.73. The van der Waals surface area contributed by atoms with E-state index in [1.54, 1.807) is 14.2 Å². The Hall–Kier alpha value is -1.95. The molecule has 0 saturated heterocycles. The average molecular weight is 321 g/mol. The van der Waals surface area contributed by atoms with Crippen molar-refractivity contribution in [3.05, 3.63) is 23.8 Å². The van der Waals surface area contributed by atoms with Crippen LogP contribution in [0.5, 0.6) is 11.5 Å². The largest absolute Gasteiger partial charge is 0.493 e. The van der Waals surface area contributed by atoms with Gasteiger partial charge in [-0.1, -0.05) is 13.0 Å². The molecule has 0 bridgehead atoms. The minimum Gasteiger partial charge on any atom is -0.493 e. The van der Waals surface area contributed by atoms with Gasteiger partial charge in [-0.05, 0) is 37.1 Å². The summed E-state index contributed by atoms with van der Waals surface area (Å²) in [6.45, 7) is 5.23. The third-order valence-corrected chi connectivity index (χ3v) is 4.06. The van der Waals surface area contributed by atoms with E-state index in [-0.39, 0.29) is 6.03 Å². The molecule has 2 rings (SSSR count). The lowest BCUT2D eigenvalue weighted by Crippen LogP contribution is -2.40. The van der Waals surface area contributed by atoms with Crippen molar-refractivity contribution in [2.45, 2.75) is 32.4 Å². The molecule has 1 fully saturated rings. The average Bonchev–Trinajstić information content (AvgIpc) is 3.41. The smallest absolute Gasteiger partial charge is 0.315 e. The summed E-state index contributed by atoms with van der Waals surface area (Å²) in [6, 6.07) is 6.20. The van der Waals surface area contributed by atoms with Crippen LogP contribution in [-0.2, 0) is 6.54 Å². The summed E-state index contributed by atoms with van der Waals surface area (Å²) in [5.74, 6) is 1.34. The number of amides is 2. The molecular formula is C17H27N3O3. The SMILES string of the molecule is CCN(CCNC(=O)NCc1ccc(OC)c(OC)c1)C1CC1. The first-order valence-electron chi connectivity index (χ1n) is 8.14. The van der Waals surface area contributed by atoms with Gasteiger partial charge in [0, 0.05) is 25.7 Å². The first kappa shape index (κ1) is 17.4. The summed E-state index contributed by atoms with van der Waals surface area (Å²) in [5.41, 5.74) is 0.964. The number of methoxy groups -OCH3 is 2. The van der Waals surface area contributed by atoms with Gasteiger partial charge in [0.05, 0.1) is 14.2 Å². The Kier molecular flexibility index (Phi) is 6.52. The highest BCUT2D eigenvalue weighted by Gasteiger charge is 2.27. The molecule has 0 aliphatic heterocycles. The van der Waals surface area contributed by atoms with E-state index < -0.39 is 0 Å². The van der Waals surface area contributed by atoms with Crippen LogP contribution >= 0.6 is 0 Å². The summed E-state index contributed by atoms with van der Waals surface area (Å²) in [5, 5.41) is 5.76. The Morgan fingerprint density at radius 1 is 1.22 bits per heavy atom. The van der Waals surface area contributed by atoms with Gasteiger partial charge >= 0.3 is 6.03 Å². The maximum Gasteiger partial charge on any atom is 0.315 e. The predicted molar refractivity (Wildman–Crippen MR) is 90.1 cm³/mol. The van der Waals surface area contributed by atoms with E-state index in [1.165, 1.54) is 12.8 Å². The normalized spacial score (nSPS) is 13.7. The highest BCUT2D eigenvalue weighted by Crippen LogP contribution is 2.27. The second-order valence-corrected chi connectivity index (χ2v) is 5.66. The fourth-order valence-corrected chi connectivity index (χ4v) is 2.59. The van der Waals surface area contributed by atoms with E-state index in [9.17, 15) is 4.79 Å². The topological polar surface area (TPSA) is 62.8 Å². The number of carbonyl (C=O) groups is 1. The number of nitrogens with zero attached hydrogens (tertiary/aromatic N) is 1. The van der Waals surface area contributed by atoms with Crippen LogP contribution in [0.25, 0.3) is 0 Å². The van der Waals surface area contributed by atoms with E-state index in [4.69, 9.17) is 9.47 Å². The second kappa shape index (κ2) is 8.62. The summed E-state index contributed by atoms with van der Waals surface area (Å²) in [7, 11) is 3.20. The van der Waals surface area contributed by atoms with Gasteiger partial charge in [-0.15, -0.1) is 0 Å². The van der Waals surface area contributed by atoms with Crippen molar-refractivity contribution in [2.75, 3.05) is 33.9 Å². The summed E-state index contributed by atoms with van der Waals surface area (Å²) >= 11 is 0. The van der Waals surface area contributed by atoms with Gasteiger partial charge in [0.1, 0.15) is 0 Å². The fourth-order valence-electron chi connectivity index (χ4n) is 2.59. The molecule has 2 amide bonds. The van der Waals surface area contributed by atoms with Crippen LogP contribution in [0.2, 0.25) is 0 Å². The lowest BCUT2D eigenvalue weighted by molar-refractivity contribution is 0.234. The van der Waals surface area contributed by atoms with Crippen LogP contribution in [0.4, 0.5) is 4.79 Å². The third kappa shape index (κ3) is 5.32. The molecule has 1 aliphatic rings. The van der Waals surface area contributed by atoms with Crippen molar-refractivity contribution in [2.24, 2.45) is 0 Å². The van der Waals surface area contributed by atoms with Crippen molar-refractivity contribution >= 4 is 6.03 Å². The van der Waals surface area contributed by atoms with Gasteiger partial charge < -0.3 is 20.1 Å². The molecule has 0 aromatic heterocycles. The molecule has 0 radical (unpaired) electrons. The second-order valence-electron chi connectivity index (χ2n) is 5.66. The van der Waals surface area contributed by atoms with Gasteiger partial charge in [0.2, 0.25) is 0 Å². The van der Waals surface area contributed by atoms with Crippen LogP contribution in [0, 0.1) is 0 Å². The third-order valence-electron chi connectivity index (χ3n) is 4.06. The van der Waals surface area contributed by atoms with E-state index in [1.807, 2.05) is 18.2 Å². The molecule has 2 N–H and O–H groups in total. The predicted octanol–water partition coefficient (Wildman–Crippen LogP) is 1.99. The monoisotopic (exact) mass is 321 g/mol. The number of rotatable bonds is 9. The fraction of sp³-hybridized carbons (Fsp3) is 0.588. The van der Waals surface area contributed by atoms with Crippen LogP contribution in [-0.4, -0.2) is 50.8 Å². The minimum atomic E-state index is -0.147. The molecule has 1 aliphatic carbocycles. The molecule has 6 heteroatoms. The summed E-state index contributed by atoms with van der Waals surface area (Å²) in [6.07, 6.45) is 2.58. The standard InChI is InChI=1S/C17H27N3O3/c1-4-20(14-6-7-14)10-9-18-17(21)19-12-13-5-8-15(22-2)16(11-13)23-3/h5,8,11,14H,4,6-7,9-10,12H2,1-3H3,(H2,18,19,21). The molecule has 1 saturated carbocycles. The number of ether oxygens (including phenoxy) is 2. The Bertz CT molecular complexity index is 518. The number of benzene rings is 1. The molecule has 0 atom stereocenters. The van der Waals surface area contributed by atoms with Crippen molar-refractivity contribution in [1.29, 1.82) is 0 Å². The van der Waals surface area contributed by atoms with Gasteiger partial charge in [-0.25, -0.2) is 4.79 Å². The van der Waals surface area contributed by atoms with Crippen LogP contribution < -0.4 is 20.1 Å². The van der Waals surface area contributed by atoms with E-state index >= 15 is 0 Å².